The number of aromatic nitrogens is 2. The Bertz CT molecular complexity index is 604. The minimum atomic E-state index is 0.301. The molecule has 0 aliphatic rings. The fourth-order valence-corrected chi connectivity index (χ4v) is 3.29. The van der Waals surface area contributed by atoms with Gasteiger partial charge in [-0.2, -0.15) is 0 Å². The van der Waals surface area contributed by atoms with Gasteiger partial charge in [-0.1, -0.05) is 37.0 Å². The molecule has 19 heavy (non-hydrogen) atoms. The van der Waals surface area contributed by atoms with Crippen LogP contribution in [0.2, 0.25) is 10.2 Å². The molecule has 2 rings (SSSR count). The molecule has 0 radical (unpaired) electrons. The van der Waals surface area contributed by atoms with Gasteiger partial charge in [0, 0.05) is 26.3 Å². The summed E-state index contributed by atoms with van der Waals surface area (Å²) in [6.45, 7) is 6.11. The van der Waals surface area contributed by atoms with Crippen molar-refractivity contribution in [2.45, 2.75) is 26.7 Å². The van der Waals surface area contributed by atoms with Crippen LogP contribution in [0.5, 0.6) is 0 Å². The lowest BCUT2D eigenvalue weighted by atomic mass is 10.0. The molecule has 0 saturated heterocycles. The van der Waals surface area contributed by atoms with Crippen LogP contribution in [-0.2, 0) is 0 Å². The van der Waals surface area contributed by atoms with E-state index in [1.54, 1.807) is 0 Å². The third-order valence-corrected chi connectivity index (χ3v) is 4.02. The number of halogens is 3. The summed E-state index contributed by atoms with van der Waals surface area (Å²) in [5.74, 6) is 0.908. The zero-order valence-electron chi connectivity index (χ0n) is 10.8. The Hall–Kier alpha value is -0.640. The molecule has 0 N–H and O–H groups in total. The van der Waals surface area contributed by atoms with Crippen LogP contribution in [0.3, 0.4) is 0 Å². The number of benzene rings is 1. The van der Waals surface area contributed by atoms with Gasteiger partial charge in [0.25, 0.3) is 0 Å². The highest BCUT2D eigenvalue weighted by Crippen LogP contribution is 2.32. The van der Waals surface area contributed by atoms with Gasteiger partial charge in [0.05, 0.1) is 0 Å². The first-order valence-corrected chi connectivity index (χ1v) is 7.44. The molecule has 0 aliphatic carbocycles. The van der Waals surface area contributed by atoms with E-state index in [0.29, 0.717) is 21.9 Å². The summed E-state index contributed by atoms with van der Waals surface area (Å²) in [6.07, 6.45) is 0. The lowest BCUT2D eigenvalue weighted by Gasteiger charge is -2.13. The maximum atomic E-state index is 6.27. The molecule has 0 saturated carbocycles. The normalized spacial score (nSPS) is 11.1. The number of nitrogens with zero attached hydrogens (tertiary/aromatic N) is 2. The summed E-state index contributed by atoms with van der Waals surface area (Å²) < 4.78 is 0.854. The molecular weight excluding hydrogens is 347 g/mol. The largest absolute Gasteiger partial charge is 0.233 e. The van der Waals surface area contributed by atoms with Gasteiger partial charge in [-0.3, -0.25) is 0 Å². The minimum absolute atomic E-state index is 0.301. The van der Waals surface area contributed by atoms with Gasteiger partial charge in [-0.15, -0.1) is 0 Å². The van der Waals surface area contributed by atoms with Crippen molar-refractivity contribution in [2.24, 2.45) is 0 Å². The number of hydrogen-bond donors (Lipinski definition) is 0. The molecule has 0 bridgehead atoms. The molecule has 2 aromatic rings. The van der Waals surface area contributed by atoms with E-state index in [1.807, 2.05) is 25.1 Å². The molecule has 0 spiro atoms. The van der Waals surface area contributed by atoms with Crippen LogP contribution >= 0.6 is 39.1 Å². The van der Waals surface area contributed by atoms with Crippen molar-refractivity contribution in [1.82, 2.24) is 9.97 Å². The molecule has 1 aromatic heterocycles. The SMILES string of the molecule is Cc1nc(-c2ccc(Cl)cc2Br)nc(Cl)c1C(C)C. The number of aryl methyl sites for hydroxylation is 1. The molecule has 1 aromatic carbocycles. The second-order valence-corrected chi connectivity index (χ2v) is 6.26. The van der Waals surface area contributed by atoms with E-state index in [2.05, 4.69) is 39.7 Å². The van der Waals surface area contributed by atoms with Crippen LogP contribution < -0.4 is 0 Å². The molecule has 0 atom stereocenters. The van der Waals surface area contributed by atoms with Crippen molar-refractivity contribution in [2.75, 3.05) is 0 Å². The lowest BCUT2D eigenvalue weighted by Crippen LogP contribution is -2.02. The third-order valence-electron chi connectivity index (χ3n) is 2.84. The van der Waals surface area contributed by atoms with E-state index >= 15 is 0 Å². The summed E-state index contributed by atoms with van der Waals surface area (Å²) in [5, 5.41) is 1.18. The van der Waals surface area contributed by atoms with Crippen LogP contribution in [-0.4, -0.2) is 9.97 Å². The molecule has 0 amide bonds. The van der Waals surface area contributed by atoms with Crippen molar-refractivity contribution < 1.29 is 0 Å². The highest BCUT2D eigenvalue weighted by Gasteiger charge is 2.15. The Morgan fingerprint density at radius 2 is 1.84 bits per heavy atom. The first-order chi connectivity index (χ1) is 8.90. The monoisotopic (exact) mass is 358 g/mol. The van der Waals surface area contributed by atoms with Crippen molar-refractivity contribution in [1.29, 1.82) is 0 Å². The van der Waals surface area contributed by atoms with Crippen LogP contribution in [0.4, 0.5) is 0 Å². The van der Waals surface area contributed by atoms with E-state index in [4.69, 9.17) is 23.2 Å². The van der Waals surface area contributed by atoms with Crippen molar-refractivity contribution >= 4 is 39.1 Å². The van der Waals surface area contributed by atoms with E-state index in [9.17, 15) is 0 Å². The summed E-state index contributed by atoms with van der Waals surface area (Å²) in [4.78, 5) is 8.94. The summed E-state index contributed by atoms with van der Waals surface area (Å²) in [6, 6.07) is 5.51. The Balaban J connectivity index is 2.58. The fourth-order valence-electron chi connectivity index (χ4n) is 1.99. The van der Waals surface area contributed by atoms with Crippen LogP contribution in [0.25, 0.3) is 11.4 Å². The predicted molar refractivity (Wildman–Crippen MR) is 84.0 cm³/mol. The quantitative estimate of drug-likeness (QED) is 0.648. The molecule has 1 heterocycles. The Morgan fingerprint density at radius 1 is 1.16 bits per heavy atom. The Morgan fingerprint density at radius 3 is 2.37 bits per heavy atom. The van der Waals surface area contributed by atoms with Crippen molar-refractivity contribution in [3.8, 4) is 11.4 Å². The maximum absolute atomic E-state index is 6.27. The van der Waals surface area contributed by atoms with Crippen LogP contribution in [0.15, 0.2) is 22.7 Å². The average molecular weight is 360 g/mol. The van der Waals surface area contributed by atoms with Gasteiger partial charge in [0.2, 0.25) is 0 Å². The van der Waals surface area contributed by atoms with Gasteiger partial charge in [-0.25, -0.2) is 9.97 Å². The predicted octanol–water partition coefficient (Wildman–Crippen LogP) is 5.64. The Labute approximate surface area is 131 Å². The highest BCUT2D eigenvalue weighted by atomic mass is 79.9. The smallest absolute Gasteiger partial charge is 0.162 e. The maximum Gasteiger partial charge on any atom is 0.162 e. The third kappa shape index (κ3) is 3.10. The molecular formula is C14H13BrCl2N2. The van der Waals surface area contributed by atoms with E-state index in [1.165, 1.54) is 0 Å². The van der Waals surface area contributed by atoms with E-state index in [-0.39, 0.29) is 0 Å². The van der Waals surface area contributed by atoms with Crippen LogP contribution in [0.1, 0.15) is 31.0 Å². The topological polar surface area (TPSA) is 25.8 Å². The van der Waals surface area contributed by atoms with E-state index in [0.717, 1.165) is 21.3 Å². The molecule has 2 nitrogen and oxygen atoms in total. The van der Waals surface area contributed by atoms with Gasteiger partial charge in [0.1, 0.15) is 5.15 Å². The molecule has 0 aliphatic heterocycles. The highest BCUT2D eigenvalue weighted by molar-refractivity contribution is 9.10. The number of rotatable bonds is 2. The first kappa shape index (κ1) is 14.8. The molecule has 5 heteroatoms. The van der Waals surface area contributed by atoms with E-state index < -0.39 is 0 Å². The second kappa shape index (κ2) is 5.78. The van der Waals surface area contributed by atoms with Crippen LogP contribution in [0, 0.1) is 6.92 Å². The summed E-state index contributed by atoms with van der Waals surface area (Å²) in [5.41, 5.74) is 2.78. The lowest BCUT2D eigenvalue weighted by molar-refractivity contribution is 0.831. The first-order valence-electron chi connectivity index (χ1n) is 5.89. The zero-order chi connectivity index (χ0) is 14.2. The molecule has 100 valence electrons. The minimum Gasteiger partial charge on any atom is -0.233 e. The summed E-state index contributed by atoms with van der Waals surface area (Å²) in [7, 11) is 0. The van der Waals surface area contributed by atoms with Gasteiger partial charge < -0.3 is 0 Å². The summed E-state index contributed by atoms with van der Waals surface area (Å²) >= 11 is 15.7. The number of hydrogen-bond acceptors (Lipinski definition) is 2. The average Bonchev–Trinajstić information content (AvgIpc) is 2.26. The molecule has 0 fully saturated rings. The second-order valence-electron chi connectivity index (χ2n) is 4.62. The Kier molecular flexibility index (Phi) is 4.49. The van der Waals surface area contributed by atoms with Crippen molar-refractivity contribution in [3.05, 3.63) is 44.1 Å². The molecule has 0 unspecified atom stereocenters. The zero-order valence-corrected chi connectivity index (χ0v) is 13.9. The van der Waals surface area contributed by atoms with Gasteiger partial charge >= 0.3 is 0 Å². The van der Waals surface area contributed by atoms with Gasteiger partial charge in [0.15, 0.2) is 5.82 Å². The fraction of sp³-hybridized carbons (Fsp3) is 0.286. The van der Waals surface area contributed by atoms with Crippen molar-refractivity contribution in [3.63, 3.8) is 0 Å². The standard InChI is InChI=1S/C14H13BrCl2N2/c1-7(2)12-8(3)18-14(19-13(12)17)10-5-4-9(16)6-11(10)15/h4-7H,1-3H3. The van der Waals surface area contributed by atoms with Gasteiger partial charge in [-0.05, 0) is 47.0 Å².